The van der Waals surface area contributed by atoms with Gasteiger partial charge >= 0.3 is 0 Å². The Labute approximate surface area is 120 Å². The summed E-state index contributed by atoms with van der Waals surface area (Å²) >= 11 is 0. The summed E-state index contributed by atoms with van der Waals surface area (Å²) in [5, 5.41) is 13.0. The van der Waals surface area contributed by atoms with Gasteiger partial charge in [-0.15, -0.1) is 0 Å². The van der Waals surface area contributed by atoms with Crippen LogP contribution in [0.2, 0.25) is 0 Å². The summed E-state index contributed by atoms with van der Waals surface area (Å²) < 4.78 is 0. The first kappa shape index (κ1) is 14.9. The number of nitrogens with one attached hydrogen (secondary N) is 1. The van der Waals surface area contributed by atoms with Gasteiger partial charge in [0.25, 0.3) is 5.91 Å². The van der Waals surface area contributed by atoms with Gasteiger partial charge in [-0.25, -0.2) is 0 Å². The van der Waals surface area contributed by atoms with E-state index in [-0.39, 0.29) is 11.7 Å². The molecule has 0 aliphatic carbocycles. The number of rotatable bonds is 4. The van der Waals surface area contributed by atoms with E-state index in [1.54, 1.807) is 30.0 Å². The van der Waals surface area contributed by atoms with Crippen LogP contribution in [-0.2, 0) is 0 Å². The van der Waals surface area contributed by atoms with Crippen molar-refractivity contribution < 1.29 is 9.90 Å². The van der Waals surface area contributed by atoms with Gasteiger partial charge in [0.1, 0.15) is 5.75 Å². The monoisotopic (exact) mass is 276 g/mol. The largest absolute Gasteiger partial charge is 0.508 e. The standard InChI is InChI=1S/C16H24N2O2/c1-12-11-13(6-7-15(12)19)16(20)18(2)10-8-14-5-3-4-9-17-14/h6-7,11,14,17,19H,3-5,8-10H2,1-2H3. The minimum absolute atomic E-state index is 0.0175. The summed E-state index contributed by atoms with van der Waals surface area (Å²) in [6, 6.07) is 5.55. The number of carbonyl (C=O) groups excluding carboxylic acids is 1. The summed E-state index contributed by atoms with van der Waals surface area (Å²) in [5.41, 5.74) is 1.37. The molecule has 4 nitrogen and oxygen atoms in total. The zero-order chi connectivity index (χ0) is 14.5. The number of hydrogen-bond acceptors (Lipinski definition) is 3. The van der Waals surface area contributed by atoms with Crippen LogP contribution < -0.4 is 5.32 Å². The first-order valence-corrected chi connectivity index (χ1v) is 7.36. The highest BCUT2D eigenvalue weighted by atomic mass is 16.3. The van der Waals surface area contributed by atoms with E-state index in [9.17, 15) is 9.90 Å². The fourth-order valence-electron chi connectivity index (χ4n) is 2.63. The van der Waals surface area contributed by atoms with Gasteiger partial charge in [0.15, 0.2) is 0 Å². The normalized spacial score (nSPS) is 18.8. The highest BCUT2D eigenvalue weighted by molar-refractivity contribution is 5.94. The second kappa shape index (κ2) is 6.75. The van der Waals surface area contributed by atoms with Gasteiger partial charge in [-0.2, -0.15) is 0 Å². The van der Waals surface area contributed by atoms with Crippen LogP contribution in [0, 0.1) is 6.92 Å². The van der Waals surface area contributed by atoms with Crippen LogP contribution in [0.4, 0.5) is 0 Å². The molecule has 20 heavy (non-hydrogen) atoms. The number of amides is 1. The van der Waals surface area contributed by atoms with Crippen LogP contribution >= 0.6 is 0 Å². The van der Waals surface area contributed by atoms with Crippen molar-refractivity contribution in [2.45, 2.75) is 38.6 Å². The maximum absolute atomic E-state index is 12.3. The van der Waals surface area contributed by atoms with Gasteiger partial charge in [0, 0.05) is 25.2 Å². The third-order valence-electron chi connectivity index (χ3n) is 4.02. The molecule has 0 spiro atoms. The summed E-state index contributed by atoms with van der Waals surface area (Å²) in [7, 11) is 1.84. The average molecular weight is 276 g/mol. The molecule has 0 radical (unpaired) electrons. The smallest absolute Gasteiger partial charge is 0.253 e. The van der Waals surface area contributed by atoms with Crippen LogP contribution in [0.5, 0.6) is 5.75 Å². The van der Waals surface area contributed by atoms with Crippen LogP contribution in [0.15, 0.2) is 18.2 Å². The molecule has 1 aromatic rings. The van der Waals surface area contributed by atoms with Gasteiger partial charge in [-0.3, -0.25) is 4.79 Å². The van der Waals surface area contributed by atoms with Crippen molar-refractivity contribution in [3.8, 4) is 5.75 Å². The summed E-state index contributed by atoms with van der Waals surface area (Å²) in [4.78, 5) is 14.1. The quantitative estimate of drug-likeness (QED) is 0.887. The Balaban J connectivity index is 1.89. The van der Waals surface area contributed by atoms with Gasteiger partial charge in [0.2, 0.25) is 0 Å². The van der Waals surface area contributed by atoms with Crippen LogP contribution in [0.25, 0.3) is 0 Å². The van der Waals surface area contributed by atoms with Crippen molar-refractivity contribution in [1.82, 2.24) is 10.2 Å². The first-order chi connectivity index (χ1) is 9.58. The molecule has 1 saturated heterocycles. The lowest BCUT2D eigenvalue weighted by molar-refractivity contribution is 0.0788. The Morgan fingerprint density at radius 1 is 1.45 bits per heavy atom. The molecule has 4 heteroatoms. The molecule has 2 N–H and O–H groups in total. The van der Waals surface area contributed by atoms with Crippen molar-refractivity contribution >= 4 is 5.91 Å². The number of nitrogens with zero attached hydrogens (tertiary/aromatic N) is 1. The molecule has 1 aromatic carbocycles. The molecule has 1 unspecified atom stereocenters. The van der Waals surface area contributed by atoms with Crippen LogP contribution in [-0.4, -0.2) is 42.1 Å². The Hall–Kier alpha value is -1.55. The fraction of sp³-hybridized carbons (Fsp3) is 0.562. The van der Waals surface area contributed by atoms with Crippen molar-refractivity contribution in [2.24, 2.45) is 0 Å². The van der Waals surface area contributed by atoms with Crippen molar-refractivity contribution in [3.05, 3.63) is 29.3 Å². The van der Waals surface area contributed by atoms with E-state index in [1.165, 1.54) is 19.3 Å². The lowest BCUT2D eigenvalue weighted by Gasteiger charge is -2.26. The lowest BCUT2D eigenvalue weighted by atomic mass is 10.0. The van der Waals surface area contributed by atoms with E-state index < -0.39 is 0 Å². The molecular weight excluding hydrogens is 252 g/mol. The van der Waals surface area contributed by atoms with Crippen molar-refractivity contribution in [2.75, 3.05) is 20.1 Å². The highest BCUT2D eigenvalue weighted by Gasteiger charge is 2.16. The van der Waals surface area contributed by atoms with E-state index in [4.69, 9.17) is 0 Å². The number of phenolic OH excluding ortho intramolecular Hbond substituents is 1. The molecule has 1 fully saturated rings. The number of carbonyl (C=O) groups is 1. The topological polar surface area (TPSA) is 52.6 Å². The average Bonchev–Trinajstić information content (AvgIpc) is 2.48. The van der Waals surface area contributed by atoms with E-state index >= 15 is 0 Å². The van der Waals surface area contributed by atoms with Crippen LogP contribution in [0.1, 0.15) is 41.6 Å². The molecule has 110 valence electrons. The minimum Gasteiger partial charge on any atom is -0.508 e. The second-order valence-corrected chi connectivity index (χ2v) is 5.66. The number of phenols is 1. The van der Waals surface area contributed by atoms with E-state index in [1.807, 2.05) is 7.05 Å². The number of piperidine rings is 1. The summed E-state index contributed by atoms with van der Waals surface area (Å²) in [6.45, 7) is 3.66. The van der Waals surface area contributed by atoms with E-state index in [2.05, 4.69) is 5.32 Å². The highest BCUT2D eigenvalue weighted by Crippen LogP contribution is 2.18. The van der Waals surface area contributed by atoms with Crippen molar-refractivity contribution in [3.63, 3.8) is 0 Å². The zero-order valence-corrected chi connectivity index (χ0v) is 12.4. The predicted molar refractivity (Wildman–Crippen MR) is 80.1 cm³/mol. The third-order valence-corrected chi connectivity index (χ3v) is 4.02. The number of aromatic hydroxyl groups is 1. The molecule has 0 aromatic heterocycles. The Morgan fingerprint density at radius 2 is 2.25 bits per heavy atom. The van der Waals surface area contributed by atoms with E-state index in [0.717, 1.165) is 25.1 Å². The maximum atomic E-state index is 12.3. The minimum atomic E-state index is 0.0175. The predicted octanol–water partition coefficient (Wildman–Crippen LogP) is 2.30. The number of hydrogen-bond donors (Lipinski definition) is 2. The van der Waals surface area contributed by atoms with E-state index in [0.29, 0.717) is 11.6 Å². The Kier molecular flexibility index (Phi) is 5.01. The fourth-order valence-corrected chi connectivity index (χ4v) is 2.63. The molecular formula is C16H24N2O2. The van der Waals surface area contributed by atoms with Gasteiger partial charge in [-0.1, -0.05) is 6.42 Å². The van der Waals surface area contributed by atoms with Gasteiger partial charge in [-0.05, 0) is 56.5 Å². The molecule has 2 rings (SSSR count). The van der Waals surface area contributed by atoms with Gasteiger partial charge < -0.3 is 15.3 Å². The van der Waals surface area contributed by atoms with Gasteiger partial charge in [0.05, 0.1) is 0 Å². The second-order valence-electron chi connectivity index (χ2n) is 5.66. The number of benzene rings is 1. The van der Waals surface area contributed by atoms with Crippen LogP contribution in [0.3, 0.4) is 0 Å². The Morgan fingerprint density at radius 3 is 2.90 bits per heavy atom. The molecule has 0 bridgehead atoms. The first-order valence-electron chi connectivity index (χ1n) is 7.36. The molecule has 0 saturated carbocycles. The molecule has 1 aliphatic rings. The zero-order valence-electron chi connectivity index (χ0n) is 12.4. The molecule has 1 heterocycles. The molecule has 1 amide bonds. The third kappa shape index (κ3) is 3.73. The Bertz CT molecular complexity index is 468. The molecule has 1 aliphatic heterocycles. The summed E-state index contributed by atoms with van der Waals surface area (Å²) in [6.07, 6.45) is 4.75. The SMILES string of the molecule is Cc1cc(C(=O)N(C)CCC2CCCCN2)ccc1O. The molecule has 1 atom stereocenters. The number of aryl methyl sites for hydroxylation is 1. The lowest BCUT2D eigenvalue weighted by Crippen LogP contribution is -2.38. The van der Waals surface area contributed by atoms with Crippen molar-refractivity contribution in [1.29, 1.82) is 0 Å². The maximum Gasteiger partial charge on any atom is 0.253 e. The summed E-state index contributed by atoms with van der Waals surface area (Å²) in [5.74, 6) is 0.250.